The van der Waals surface area contributed by atoms with Gasteiger partial charge in [-0.2, -0.15) is 0 Å². The highest BCUT2D eigenvalue weighted by atomic mass is 32.1. The number of nitrogens with zero attached hydrogens (tertiary/aromatic N) is 3. The molecule has 0 atom stereocenters. The van der Waals surface area contributed by atoms with Gasteiger partial charge in [0.1, 0.15) is 0 Å². The number of pyridine rings is 1. The molecule has 0 spiro atoms. The molecule has 294 valence electrons. The number of fused-ring (bicyclic) bond motifs is 9. The third kappa shape index (κ3) is 5.84. The van der Waals surface area contributed by atoms with Crippen LogP contribution in [0.4, 0.5) is 0 Å². The quantitative estimate of drug-likeness (QED) is 0.164. The van der Waals surface area contributed by atoms with Crippen LogP contribution in [0.3, 0.4) is 0 Å². The molecule has 0 aliphatic carbocycles. The van der Waals surface area contributed by atoms with Crippen molar-refractivity contribution < 1.29 is 0 Å². The average Bonchev–Trinajstić information content (AvgIpc) is 4.01. The molecule has 4 heteroatoms. The fourth-order valence-electron chi connectivity index (χ4n) is 9.79. The van der Waals surface area contributed by atoms with E-state index in [-0.39, 0.29) is 0 Å². The van der Waals surface area contributed by atoms with Crippen molar-refractivity contribution in [1.29, 1.82) is 0 Å². The van der Waals surface area contributed by atoms with Crippen LogP contribution in [0, 0.1) is 0 Å². The van der Waals surface area contributed by atoms with Gasteiger partial charge in [-0.3, -0.25) is 4.98 Å². The minimum atomic E-state index is 1.02. The van der Waals surface area contributed by atoms with Crippen LogP contribution in [0.1, 0.15) is 0 Å². The van der Waals surface area contributed by atoms with Gasteiger partial charge in [0.15, 0.2) is 0 Å². The lowest BCUT2D eigenvalue weighted by molar-refractivity contribution is 1.18. The molecule has 0 saturated carbocycles. The SMILES string of the molecule is c1ccc(-n2c3ccccc3c3cc(-c4cccc(-c5ccc6sc7ccc(-c8cccc(-c9cccc(-n%10c%11ccccc%11c%11ncccc%11%10)c9)c8)cc7c6c5)c4)ccc32)cc1. The summed E-state index contributed by atoms with van der Waals surface area (Å²) in [5.41, 5.74) is 17.7. The lowest BCUT2D eigenvalue weighted by Gasteiger charge is -2.11. The largest absolute Gasteiger partial charge is 0.309 e. The smallest absolute Gasteiger partial charge is 0.0963 e. The highest BCUT2D eigenvalue weighted by molar-refractivity contribution is 7.25. The number of benzene rings is 9. The zero-order chi connectivity index (χ0) is 41.4. The summed E-state index contributed by atoms with van der Waals surface area (Å²) in [5, 5.41) is 6.27. The molecule has 0 saturated heterocycles. The number of hydrogen-bond donors (Lipinski definition) is 0. The number of hydrogen-bond acceptors (Lipinski definition) is 2. The Morgan fingerprint density at radius 3 is 1.41 bits per heavy atom. The predicted molar refractivity (Wildman–Crippen MR) is 268 cm³/mol. The maximum Gasteiger partial charge on any atom is 0.0963 e. The fraction of sp³-hybridized carbons (Fsp3) is 0. The maximum absolute atomic E-state index is 4.76. The first-order valence-electron chi connectivity index (χ1n) is 21.4. The Bertz CT molecular complexity index is 3870. The van der Waals surface area contributed by atoms with Gasteiger partial charge in [0.2, 0.25) is 0 Å². The van der Waals surface area contributed by atoms with E-state index in [2.05, 4.69) is 221 Å². The summed E-state index contributed by atoms with van der Waals surface area (Å²) >= 11 is 1.86. The fourth-order valence-corrected chi connectivity index (χ4v) is 10.9. The second kappa shape index (κ2) is 14.3. The molecule has 9 aromatic carbocycles. The normalized spacial score (nSPS) is 11.8. The average molecular weight is 820 g/mol. The van der Waals surface area contributed by atoms with Crippen molar-refractivity contribution in [3.8, 4) is 55.9 Å². The molecule has 0 unspecified atom stereocenters. The van der Waals surface area contributed by atoms with Crippen LogP contribution in [0.2, 0.25) is 0 Å². The summed E-state index contributed by atoms with van der Waals surface area (Å²) in [7, 11) is 0. The highest BCUT2D eigenvalue weighted by Gasteiger charge is 2.16. The molecule has 4 heterocycles. The number of rotatable bonds is 6. The maximum atomic E-state index is 4.76. The van der Waals surface area contributed by atoms with E-state index in [9.17, 15) is 0 Å². The van der Waals surface area contributed by atoms with E-state index in [4.69, 9.17) is 4.98 Å². The van der Waals surface area contributed by atoms with E-state index in [0.717, 1.165) is 27.6 Å². The van der Waals surface area contributed by atoms with Crippen LogP contribution >= 0.6 is 11.3 Å². The van der Waals surface area contributed by atoms with E-state index in [1.54, 1.807) is 0 Å². The first-order chi connectivity index (χ1) is 31.2. The van der Waals surface area contributed by atoms with Gasteiger partial charge in [0.25, 0.3) is 0 Å². The van der Waals surface area contributed by atoms with Crippen LogP contribution in [0.5, 0.6) is 0 Å². The van der Waals surface area contributed by atoms with E-state index in [1.807, 2.05) is 23.6 Å². The van der Waals surface area contributed by atoms with E-state index in [0.29, 0.717) is 0 Å². The van der Waals surface area contributed by atoms with E-state index in [1.165, 1.54) is 92.2 Å². The highest BCUT2D eigenvalue weighted by Crippen LogP contribution is 2.41. The molecule has 0 amide bonds. The van der Waals surface area contributed by atoms with Gasteiger partial charge in [-0.25, -0.2) is 0 Å². The predicted octanol–water partition coefficient (Wildman–Crippen LogP) is 16.3. The van der Waals surface area contributed by atoms with Crippen LogP contribution in [-0.4, -0.2) is 14.1 Å². The van der Waals surface area contributed by atoms with Gasteiger partial charge in [-0.1, -0.05) is 121 Å². The Kier molecular flexibility index (Phi) is 8.08. The van der Waals surface area contributed by atoms with Gasteiger partial charge >= 0.3 is 0 Å². The van der Waals surface area contributed by atoms with Crippen molar-refractivity contribution in [1.82, 2.24) is 14.1 Å². The third-order valence-corrected chi connectivity index (χ3v) is 13.9. The van der Waals surface area contributed by atoms with Gasteiger partial charge in [0, 0.05) is 53.9 Å². The van der Waals surface area contributed by atoms with Crippen molar-refractivity contribution >= 4 is 75.3 Å². The van der Waals surface area contributed by atoms with Gasteiger partial charge < -0.3 is 9.13 Å². The third-order valence-electron chi connectivity index (χ3n) is 12.7. The topological polar surface area (TPSA) is 22.8 Å². The molecule has 13 aromatic rings. The molecule has 4 aromatic heterocycles. The van der Waals surface area contributed by atoms with E-state index < -0.39 is 0 Å². The zero-order valence-corrected chi connectivity index (χ0v) is 34.9. The monoisotopic (exact) mass is 819 g/mol. The molecule has 0 bridgehead atoms. The molecule has 0 radical (unpaired) electrons. The molecular formula is C59H37N3S. The number of aromatic nitrogens is 3. The Hall–Kier alpha value is -8.05. The second-order valence-corrected chi connectivity index (χ2v) is 17.5. The Labute approximate surface area is 368 Å². The second-order valence-electron chi connectivity index (χ2n) is 16.4. The molecule has 0 N–H and O–H groups in total. The first-order valence-corrected chi connectivity index (χ1v) is 22.2. The summed E-state index contributed by atoms with van der Waals surface area (Å²) in [6.45, 7) is 0. The van der Waals surface area contributed by atoms with Crippen LogP contribution < -0.4 is 0 Å². The van der Waals surface area contributed by atoms with Crippen molar-refractivity contribution in [2.75, 3.05) is 0 Å². The summed E-state index contributed by atoms with van der Waals surface area (Å²) in [6.07, 6.45) is 1.88. The Balaban J connectivity index is 0.851. The van der Waals surface area contributed by atoms with Crippen LogP contribution in [-0.2, 0) is 0 Å². The van der Waals surface area contributed by atoms with Gasteiger partial charge in [0.05, 0.1) is 27.6 Å². The van der Waals surface area contributed by atoms with Crippen LogP contribution in [0.25, 0.3) is 120 Å². The van der Waals surface area contributed by atoms with Crippen LogP contribution in [0.15, 0.2) is 225 Å². The Morgan fingerprint density at radius 2 is 0.746 bits per heavy atom. The number of para-hydroxylation sites is 3. The van der Waals surface area contributed by atoms with Crippen molar-refractivity contribution in [2.45, 2.75) is 0 Å². The minimum Gasteiger partial charge on any atom is -0.309 e. The lowest BCUT2D eigenvalue weighted by atomic mass is 9.96. The molecule has 0 fully saturated rings. The molecule has 0 aliphatic rings. The zero-order valence-electron chi connectivity index (χ0n) is 34.1. The summed E-state index contributed by atoms with van der Waals surface area (Å²) in [6, 6.07) is 79.8. The van der Waals surface area contributed by atoms with Crippen molar-refractivity contribution in [2.24, 2.45) is 0 Å². The Morgan fingerprint density at radius 1 is 0.286 bits per heavy atom. The van der Waals surface area contributed by atoms with Crippen molar-refractivity contribution in [3.05, 3.63) is 225 Å². The molecule has 63 heavy (non-hydrogen) atoms. The molecule has 13 rings (SSSR count). The summed E-state index contributed by atoms with van der Waals surface area (Å²) < 4.78 is 7.30. The molecule has 0 aliphatic heterocycles. The van der Waals surface area contributed by atoms with Crippen molar-refractivity contribution in [3.63, 3.8) is 0 Å². The first kappa shape index (κ1) is 35.7. The van der Waals surface area contributed by atoms with Gasteiger partial charge in [-0.05, 0) is 142 Å². The molecule has 3 nitrogen and oxygen atoms in total. The summed E-state index contributed by atoms with van der Waals surface area (Å²) in [5.74, 6) is 0. The lowest BCUT2D eigenvalue weighted by Crippen LogP contribution is -1.94. The number of thiophene rings is 1. The molecular weight excluding hydrogens is 783 g/mol. The van der Waals surface area contributed by atoms with E-state index >= 15 is 0 Å². The van der Waals surface area contributed by atoms with Gasteiger partial charge in [-0.15, -0.1) is 11.3 Å². The summed E-state index contributed by atoms with van der Waals surface area (Å²) in [4.78, 5) is 4.76. The minimum absolute atomic E-state index is 1.02. The standard InChI is InChI=1S/C59H37N3S/c1-2-17-46(18-3-1)61-53-22-6-4-20-48(53)50-35-43(25-28-55(50)61)39-13-9-15-41(33-39)45-27-30-58-52(37-45)51-36-44(26-29-57(51)63-58)40-14-8-12-38(32-40)42-16-10-19-47(34-42)62-54-23-7-5-21-49(54)59-56(62)24-11-31-60-59/h1-37H.